The maximum absolute atomic E-state index is 13.5. The summed E-state index contributed by atoms with van der Waals surface area (Å²) >= 11 is 0. The summed E-state index contributed by atoms with van der Waals surface area (Å²) in [5, 5.41) is 0. The van der Waals surface area contributed by atoms with Gasteiger partial charge in [-0.3, -0.25) is 0 Å². The summed E-state index contributed by atoms with van der Waals surface area (Å²) in [7, 11) is 0. The average Bonchev–Trinajstić information content (AvgIpc) is 3.20. The van der Waals surface area contributed by atoms with Crippen LogP contribution in [-0.2, 0) is 19.5 Å². The number of nitrogens with zero attached hydrogens (tertiary/aromatic N) is 5. The molecule has 0 saturated heterocycles. The van der Waals surface area contributed by atoms with Gasteiger partial charge in [-0.15, -0.1) is 0 Å². The van der Waals surface area contributed by atoms with Crippen molar-refractivity contribution in [2.45, 2.75) is 59.5 Å². The zero-order valence-electron chi connectivity index (χ0n) is 15.7. The van der Waals surface area contributed by atoms with Crippen molar-refractivity contribution in [3.05, 3.63) is 53.8 Å². The Labute approximate surface area is 153 Å². The van der Waals surface area contributed by atoms with Gasteiger partial charge in [-0.2, -0.15) is 4.39 Å². The maximum atomic E-state index is 13.5. The van der Waals surface area contributed by atoms with E-state index in [-0.39, 0.29) is 0 Å². The molecule has 0 N–H and O–H groups in total. The van der Waals surface area contributed by atoms with E-state index in [0.29, 0.717) is 18.1 Å². The highest BCUT2D eigenvalue weighted by Crippen LogP contribution is 2.19. The van der Waals surface area contributed by atoms with E-state index in [1.54, 1.807) is 18.3 Å². The van der Waals surface area contributed by atoms with E-state index in [1.165, 1.54) is 36.7 Å². The normalized spacial score (nSPS) is 11.2. The van der Waals surface area contributed by atoms with E-state index in [1.807, 2.05) is 10.8 Å². The number of unbranched alkanes of at least 4 members (excludes halogenated alkanes) is 2. The van der Waals surface area contributed by atoms with Crippen LogP contribution < -0.4 is 0 Å². The Hall–Kier alpha value is -2.50. The fourth-order valence-corrected chi connectivity index (χ4v) is 3.32. The highest BCUT2D eigenvalue weighted by atomic mass is 19.1. The molecule has 0 aliphatic carbocycles. The molecule has 0 unspecified atom stereocenters. The Morgan fingerprint density at radius 3 is 2.69 bits per heavy atom. The number of aromatic nitrogens is 5. The predicted octanol–water partition coefficient (Wildman–Crippen LogP) is 4.39. The summed E-state index contributed by atoms with van der Waals surface area (Å²) in [6.07, 6.45) is 8.23. The van der Waals surface area contributed by atoms with Crippen LogP contribution in [0.2, 0.25) is 0 Å². The van der Waals surface area contributed by atoms with Crippen LogP contribution in [0.5, 0.6) is 0 Å². The Morgan fingerprint density at radius 2 is 1.96 bits per heavy atom. The number of imidazole rings is 2. The maximum Gasteiger partial charge on any atom is 0.213 e. The molecule has 0 aliphatic heterocycles. The van der Waals surface area contributed by atoms with E-state index in [2.05, 4.69) is 35.3 Å². The lowest BCUT2D eigenvalue weighted by Crippen LogP contribution is -2.10. The summed E-state index contributed by atoms with van der Waals surface area (Å²) in [6, 6.07) is 4.77. The second-order valence-corrected chi connectivity index (χ2v) is 6.49. The van der Waals surface area contributed by atoms with Crippen LogP contribution >= 0.6 is 0 Å². The molecule has 6 heteroatoms. The van der Waals surface area contributed by atoms with Gasteiger partial charge in [-0.25, -0.2) is 15.0 Å². The number of rotatable bonds is 8. The zero-order chi connectivity index (χ0) is 18.5. The van der Waals surface area contributed by atoms with Crippen LogP contribution in [0.4, 0.5) is 4.39 Å². The Balaban J connectivity index is 1.88. The van der Waals surface area contributed by atoms with E-state index >= 15 is 0 Å². The summed E-state index contributed by atoms with van der Waals surface area (Å²) < 4.78 is 17.7. The molecule has 26 heavy (non-hydrogen) atoms. The first-order valence-corrected chi connectivity index (χ1v) is 9.33. The quantitative estimate of drug-likeness (QED) is 0.445. The van der Waals surface area contributed by atoms with Crippen molar-refractivity contribution < 1.29 is 4.39 Å². The molecule has 0 fully saturated rings. The van der Waals surface area contributed by atoms with Gasteiger partial charge in [-0.1, -0.05) is 25.8 Å². The lowest BCUT2D eigenvalue weighted by molar-refractivity contribution is 0.583. The monoisotopic (exact) mass is 355 g/mol. The second-order valence-electron chi connectivity index (χ2n) is 6.49. The van der Waals surface area contributed by atoms with Crippen molar-refractivity contribution in [2.75, 3.05) is 0 Å². The molecule has 0 bridgehead atoms. The first kappa shape index (κ1) is 18.3. The van der Waals surface area contributed by atoms with Crippen LogP contribution in [0, 0.1) is 12.9 Å². The van der Waals surface area contributed by atoms with Crippen molar-refractivity contribution in [2.24, 2.45) is 0 Å². The first-order valence-electron chi connectivity index (χ1n) is 9.33. The van der Waals surface area contributed by atoms with Crippen molar-refractivity contribution in [1.29, 1.82) is 0 Å². The Kier molecular flexibility index (Phi) is 5.81. The average molecular weight is 355 g/mol. The minimum Gasteiger partial charge on any atom is -0.331 e. The summed E-state index contributed by atoms with van der Waals surface area (Å²) in [6.45, 7) is 7.96. The van der Waals surface area contributed by atoms with E-state index in [4.69, 9.17) is 4.98 Å². The number of halogens is 1. The number of hydrogen-bond donors (Lipinski definition) is 0. The lowest BCUT2D eigenvalue weighted by Gasteiger charge is -2.10. The molecule has 0 amide bonds. The lowest BCUT2D eigenvalue weighted by atomic mass is 10.1. The van der Waals surface area contributed by atoms with Crippen molar-refractivity contribution in [3.63, 3.8) is 0 Å². The topological polar surface area (TPSA) is 48.5 Å². The number of pyridine rings is 1. The van der Waals surface area contributed by atoms with Crippen LogP contribution in [0.3, 0.4) is 0 Å². The minimum absolute atomic E-state index is 0.499. The van der Waals surface area contributed by atoms with Crippen LogP contribution in [0.25, 0.3) is 11.5 Å². The molecule has 0 spiro atoms. The minimum atomic E-state index is -0.499. The van der Waals surface area contributed by atoms with E-state index in [0.717, 1.165) is 18.8 Å². The van der Waals surface area contributed by atoms with Crippen LogP contribution in [-0.4, -0.2) is 24.1 Å². The standard InChI is InChI=1S/C20H26FN5/c1-4-6-7-9-16-15(3)26(5-2)19(24-16)14-25-13-12-22-20(25)17-10-8-11-18(21)23-17/h8,10-13H,4-7,9,14H2,1-3H3. The van der Waals surface area contributed by atoms with Gasteiger partial charge < -0.3 is 9.13 Å². The molecular weight excluding hydrogens is 329 g/mol. The summed E-state index contributed by atoms with van der Waals surface area (Å²) in [5.74, 6) is 1.16. The van der Waals surface area contributed by atoms with Gasteiger partial charge in [0.1, 0.15) is 11.5 Å². The van der Waals surface area contributed by atoms with Gasteiger partial charge in [0, 0.05) is 24.6 Å². The molecule has 0 saturated carbocycles. The zero-order valence-corrected chi connectivity index (χ0v) is 15.7. The van der Waals surface area contributed by atoms with Gasteiger partial charge in [0.15, 0.2) is 5.82 Å². The molecule has 3 aromatic rings. The molecule has 0 atom stereocenters. The summed E-state index contributed by atoms with van der Waals surface area (Å²) in [5.41, 5.74) is 2.95. The molecule has 3 aromatic heterocycles. The van der Waals surface area contributed by atoms with E-state index in [9.17, 15) is 4.39 Å². The largest absolute Gasteiger partial charge is 0.331 e. The smallest absolute Gasteiger partial charge is 0.213 e. The fraction of sp³-hybridized carbons (Fsp3) is 0.450. The highest BCUT2D eigenvalue weighted by Gasteiger charge is 2.15. The molecular formula is C20H26FN5. The third kappa shape index (κ3) is 3.84. The first-order chi connectivity index (χ1) is 12.6. The molecule has 138 valence electrons. The molecule has 0 aromatic carbocycles. The number of aryl methyl sites for hydroxylation is 1. The molecule has 0 radical (unpaired) electrons. The summed E-state index contributed by atoms with van der Waals surface area (Å²) in [4.78, 5) is 13.2. The third-order valence-corrected chi connectivity index (χ3v) is 4.70. The van der Waals surface area contributed by atoms with Crippen LogP contribution in [0.15, 0.2) is 30.6 Å². The van der Waals surface area contributed by atoms with Gasteiger partial charge in [0.05, 0.1) is 12.2 Å². The third-order valence-electron chi connectivity index (χ3n) is 4.70. The Bertz CT molecular complexity index is 865. The van der Waals surface area contributed by atoms with E-state index < -0.39 is 5.95 Å². The predicted molar refractivity (Wildman–Crippen MR) is 100 cm³/mol. The van der Waals surface area contributed by atoms with Gasteiger partial charge in [0.25, 0.3) is 0 Å². The van der Waals surface area contributed by atoms with Gasteiger partial charge in [-0.05, 0) is 38.8 Å². The SMILES string of the molecule is CCCCCc1nc(Cn2ccnc2-c2cccc(F)n2)n(CC)c1C. The number of hydrogen-bond acceptors (Lipinski definition) is 3. The van der Waals surface area contributed by atoms with Crippen molar-refractivity contribution >= 4 is 0 Å². The van der Waals surface area contributed by atoms with Crippen molar-refractivity contribution in [1.82, 2.24) is 24.1 Å². The second kappa shape index (κ2) is 8.25. The highest BCUT2D eigenvalue weighted by molar-refractivity contribution is 5.49. The van der Waals surface area contributed by atoms with Crippen molar-refractivity contribution in [3.8, 4) is 11.5 Å². The van der Waals surface area contributed by atoms with Gasteiger partial charge in [0.2, 0.25) is 5.95 Å². The van der Waals surface area contributed by atoms with Gasteiger partial charge >= 0.3 is 0 Å². The molecule has 5 nitrogen and oxygen atoms in total. The Morgan fingerprint density at radius 1 is 1.12 bits per heavy atom. The molecule has 3 rings (SSSR count). The fourth-order valence-electron chi connectivity index (χ4n) is 3.32. The van der Waals surface area contributed by atoms with Crippen LogP contribution in [0.1, 0.15) is 50.3 Å². The molecule has 0 aliphatic rings. The molecule has 3 heterocycles.